The molecule has 0 fully saturated rings. The van der Waals surface area contributed by atoms with Gasteiger partial charge >= 0.3 is 0 Å². The van der Waals surface area contributed by atoms with Crippen LogP contribution >= 0.6 is 11.5 Å². The molecule has 1 N–H and O–H groups in total. The molecule has 2 aromatic rings. The van der Waals surface area contributed by atoms with E-state index in [1.807, 2.05) is 0 Å². The van der Waals surface area contributed by atoms with E-state index in [1.165, 1.54) is 11.5 Å². The normalized spacial score (nSPS) is 11.5. The Labute approximate surface area is 97.4 Å². The maximum atomic E-state index is 11.8. The van der Waals surface area contributed by atoms with E-state index in [1.54, 1.807) is 35.7 Å². The van der Waals surface area contributed by atoms with E-state index in [9.17, 15) is 8.42 Å². The molecule has 0 radical (unpaired) electrons. The van der Waals surface area contributed by atoms with Gasteiger partial charge in [0.25, 0.3) is 0 Å². The molecule has 0 atom stereocenters. The Morgan fingerprint density at radius 3 is 2.62 bits per heavy atom. The second-order valence-electron chi connectivity index (χ2n) is 3.03. The molecule has 7 heteroatoms. The zero-order valence-corrected chi connectivity index (χ0v) is 9.83. The molecule has 84 valence electrons. The van der Waals surface area contributed by atoms with Crippen molar-refractivity contribution in [3.05, 3.63) is 41.4 Å². The molecule has 2 rings (SSSR count). The first-order valence-electron chi connectivity index (χ1n) is 4.49. The number of rotatable bonds is 4. The Balaban J connectivity index is 2.10. The molecule has 1 aromatic carbocycles. The monoisotopic (exact) mass is 255 g/mol. The number of nitrogens with one attached hydrogen (secondary N) is 1. The molecular formula is C9H9N3O2S2. The Morgan fingerprint density at radius 1 is 1.25 bits per heavy atom. The fourth-order valence-corrected chi connectivity index (χ4v) is 2.58. The number of aromatic nitrogens is 2. The van der Waals surface area contributed by atoms with Crippen molar-refractivity contribution in [3.63, 3.8) is 0 Å². The zero-order valence-electron chi connectivity index (χ0n) is 8.20. The summed E-state index contributed by atoms with van der Waals surface area (Å²) >= 11 is 1.19. The Hall–Kier alpha value is -1.31. The molecule has 0 aliphatic rings. The summed E-state index contributed by atoms with van der Waals surface area (Å²) < 4.78 is 29.6. The summed E-state index contributed by atoms with van der Waals surface area (Å²) in [7, 11) is -3.45. The quantitative estimate of drug-likeness (QED) is 0.885. The number of benzene rings is 1. The van der Waals surface area contributed by atoms with Crippen LogP contribution in [-0.4, -0.2) is 18.0 Å². The van der Waals surface area contributed by atoms with Crippen LogP contribution in [0.3, 0.4) is 0 Å². The van der Waals surface area contributed by atoms with Crippen LogP contribution in [0.4, 0.5) is 0 Å². The van der Waals surface area contributed by atoms with Crippen LogP contribution < -0.4 is 4.72 Å². The summed E-state index contributed by atoms with van der Waals surface area (Å²) in [5.41, 5.74) is 0.615. The summed E-state index contributed by atoms with van der Waals surface area (Å²) in [4.78, 5) is 0.248. The number of hydrogen-bond donors (Lipinski definition) is 1. The predicted octanol–water partition coefficient (Wildman–Crippen LogP) is 1.02. The van der Waals surface area contributed by atoms with E-state index in [0.29, 0.717) is 5.69 Å². The Kier molecular flexibility index (Phi) is 3.28. The molecule has 1 heterocycles. The van der Waals surface area contributed by atoms with Gasteiger partial charge in [-0.3, -0.25) is 0 Å². The van der Waals surface area contributed by atoms with Crippen LogP contribution in [0.1, 0.15) is 5.69 Å². The van der Waals surface area contributed by atoms with Crippen LogP contribution in [0.15, 0.2) is 40.6 Å². The van der Waals surface area contributed by atoms with Crippen LogP contribution in [0.2, 0.25) is 0 Å². The van der Waals surface area contributed by atoms with Crippen LogP contribution in [0, 0.1) is 0 Å². The fraction of sp³-hybridized carbons (Fsp3) is 0.111. The van der Waals surface area contributed by atoms with Crippen molar-refractivity contribution in [1.29, 1.82) is 0 Å². The molecule has 0 amide bonds. The molecular weight excluding hydrogens is 246 g/mol. The molecule has 1 aromatic heterocycles. The molecule has 0 saturated heterocycles. The van der Waals surface area contributed by atoms with Gasteiger partial charge in [-0.05, 0) is 23.7 Å². The topological polar surface area (TPSA) is 72.0 Å². The Bertz CT molecular complexity index is 537. The summed E-state index contributed by atoms with van der Waals surface area (Å²) in [6, 6.07) is 8.21. The fourth-order valence-electron chi connectivity index (χ4n) is 1.11. The van der Waals surface area contributed by atoms with Gasteiger partial charge in [0.1, 0.15) is 0 Å². The molecule has 5 nitrogen and oxygen atoms in total. The lowest BCUT2D eigenvalue weighted by molar-refractivity contribution is 0.580. The number of sulfonamides is 1. The second-order valence-corrected chi connectivity index (χ2v) is 5.41. The molecule has 0 bridgehead atoms. The van der Waals surface area contributed by atoms with Crippen molar-refractivity contribution in [2.24, 2.45) is 0 Å². The van der Waals surface area contributed by atoms with Gasteiger partial charge in [0.05, 0.1) is 17.1 Å². The minimum absolute atomic E-state index is 0.160. The van der Waals surface area contributed by atoms with E-state index in [-0.39, 0.29) is 11.4 Å². The lowest BCUT2D eigenvalue weighted by Crippen LogP contribution is -2.23. The van der Waals surface area contributed by atoms with Crippen LogP contribution in [0.5, 0.6) is 0 Å². The van der Waals surface area contributed by atoms with Crippen molar-refractivity contribution in [2.75, 3.05) is 0 Å². The highest BCUT2D eigenvalue weighted by atomic mass is 32.2. The summed E-state index contributed by atoms with van der Waals surface area (Å²) in [5, 5.41) is 5.46. The lowest BCUT2D eigenvalue weighted by Gasteiger charge is -2.04. The highest BCUT2D eigenvalue weighted by Gasteiger charge is 2.13. The van der Waals surface area contributed by atoms with Crippen molar-refractivity contribution >= 4 is 21.6 Å². The molecule has 0 spiro atoms. The van der Waals surface area contributed by atoms with Crippen LogP contribution in [-0.2, 0) is 16.6 Å². The third-order valence-electron chi connectivity index (χ3n) is 1.90. The van der Waals surface area contributed by atoms with E-state index >= 15 is 0 Å². The largest absolute Gasteiger partial charge is 0.240 e. The van der Waals surface area contributed by atoms with Gasteiger partial charge < -0.3 is 0 Å². The maximum Gasteiger partial charge on any atom is 0.240 e. The standard InChI is InChI=1S/C9H9N3O2S2/c13-16(14,9-4-2-1-3-5-9)10-6-8-7-15-12-11-8/h1-5,7,10H,6H2. The second kappa shape index (κ2) is 4.69. The first-order chi connectivity index (χ1) is 7.68. The van der Waals surface area contributed by atoms with E-state index in [4.69, 9.17) is 0 Å². The van der Waals surface area contributed by atoms with Crippen molar-refractivity contribution in [2.45, 2.75) is 11.4 Å². The number of hydrogen-bond acceptors (Lipinski definition) is 5. The molecule has 0 aliphatic carbocycles. The average molecular weight is 255 g/mol. The van der Waals surface area contributed by atoms with Crippen molar-refractivity contribution in [1.82, 2.24) is 14.3 Å². The first kappa shape index (κ1) is 11.2. The molecule has 0 unspecified atom stereocenters. The number of nitrogens with zero attached hydrogens (tertiary/aromatic N) is 2. The minimum atomic E-state index is -3.45. The van der Waals surface area contributed by atoms with Gasteiger partial charge in [0.15, 0.2) is 0 Å². The van der Waals surface area contributed by atoms with Gasteiger partial charge in [-0.1, -0.05) is 22.7 Å². The summed E-state index contributed by atoms with van der Waals surface area (Å²) in [6.45, 7) is 0.160. The molecule has 16 heavy (non-hydrogen) atoms. The van der Waals surface area contributed by atoms with Gasteiger partial charge in [-0.25, -0.2) is 13.1 Å². The zero-order chi connectivity index (χ0) is 11.4. The van der Waals surface area contributed by atoms with Gasteiger partial charge in [0.2, 0.25) is 10.0 Å². The average Bonchev–Trinajstić information content (AvgIpc) is 2.81. The summed E-state index contributed by atoms with van der Waals surface area (Å²) in [5.74, 6) is 0. The predicted molar refractivity (Wildman–Crippen MR) is 60.4 cm³/mol. The van der Waals surface area contributed by atoms with Crippen molar-refractivity contribution in [3.8, 4) is 0 Å². The third kappa shape index (κ3) is 2.63. The van der Waals surface area contributed by atoms with Crippen molar-refractivity contribution < 1.29 is 8.42 Å². The first-order valence-corrected chi connectivity index (χ1v) is 6.81. The Morgan fingerprint density at radius 2 is 2.00 bits per heavy atom. The van der Waals surface area contributed by atoms with E-state index < -0.39 is 10.0 Å². The van der Waals surface area contributed by atoms with E-state index in [0.717, 1.165) is 0 Å². The summed E-state index contributed by atoms with van der Waals surface area (Å²) in [6.07, 6.45) is 0. The highest BCUT2D eigenvalue weighted by Crippen LogP contribution is 2.08. The van der Waals surface area contributed by atoms with Gasteiger partial charge in [0, 0.05) is 5.38 Å². The highest BCUT2D eigenvalue weighted by molar-refractivity contribution is 7.89. The minimum Gasteiger partial charge on any atom is -0.207 e. The SMILES string of the molecule is O=S(=O)(NCc1csnn1)c1ccccc1. The van der Waals surface area contributed by atoms with Crippen LogP contribution in [0.25, 0.3) is 0 Å². The molecule has 0 saturated carbocycles. The lowest BCUT2D eigenvalue weighted by atomic mass is 10.4. The smallest absolute Gasteiger partial charge is 0.207 e. The molecule has 0 aliphatic heterocycles. The van der Waals surface area contributed by atoms with Gasteiger partial charge in [-0.15, -0.1) is 5.10 Å². The maximum absolute atomic E-state index is 11.8. The van der Waals surface area contributed by atoms with Gasteiger partial charge in [-0.2, -0.15) is 0 Å². The van der Waals surface area contributed by atoms with E-state index in [2.05, 4.69) is 14.3 Å². The third-order valence-corrected chi connectivity index (χ3v) is 3.87.